The summed E-state index contributed by atoms with van der Waals surface area (Å²) < 4.78 is 8.39. The van der Waals surface area contributed by atoms with Crippen LogP contribution >= 0.6 is 0 Å². The maximum atomic E-state index is 11.9. The average Bonchev–Trinajstić information content (AvgIpc) is 3.12. The highest BCUT2D eigenvalue weighted by Crippen LogP contribution is 2.28. The zero-order valence-electron chi connectivity index (χ0n) is 19.4. The van der Waals surface area contributed by atoms with Gasteiger partial charge in [-0.2, -0.15) is 0 Å². The summed E-state index contributed by atoms with van der Waals surface area (Å²) in [7, 11) is 0. The predicted molar refractivity (Wildman–Crippen MR) is 127 cm³/mol. The van der Waals surface area contributed by atoms with Gasteiger partial charge in [-0.25, -0.2) is 4.98 Å². The fourth-order valence-corrected chi connectivity index (χ4v) is 3.87. The van der Waals surface area contributed by atoms with Gasteiger partial charge in [-0.1, -0.05) is 45.0 Å². The number of imidazole rings is 1. The van der Waals surface area contributed by atoms with Crippen molar-refractivity contribution in [3.8, 4) is 5.75 Å². The number of fused-ring (bicyclic) bond motifs is 1. The fraction of sp³-hybridized carbons (Fsp3) is 0.462. The Balaban J connectivity index is 1.65. The Morgan fingerprint density at radius 3 is 2.65 bits per heavy atom. The van der Waals surface area contributed by atoms with Gasteiger partial charge in [-0.3, -0.25) is 4.79 Å². The van der Waals surface area contributed by atoms with Crippen molar-refractivity contribution < 1.29 is 9.53 Å². The van der Waals surface area contributed by atoms with Gasteiger partial charge in [-0.15, -0.1) is 0 Å². The monoisotopic (exact) mass is 421 g/mol. The van der Waals surface area contributed by atoms with Crippen LogP contribution in [0.25, 0.3) is 11.0 Å². The van der Waals surface area contributed by atoms with E-state index >= 15 is 0 Å². The number of benzene rings is 2. The number of rotatable bonds is 10. The zero-order valence-corrected chi connectivity index (χ0v) is 19.4. The van der Waals surface area contributed by atoms with E-state index in [0.717, 1.165) is 42.0 Å². The Bertz CT molecular complexity index is 1020. The number of nitrogens with one attached hydrogen (secondary N) is 1. The van der Waals surface area contributed by atoms with E-state index in [-0.39, 0.29) is 11.9 Å². The van der Waals surface area contributed by atoms with Crippen molar-refractivity contribution >= 4 is 16.9 Å². The predicted octanol–water partition coefficient (Wildman–Crippen LogP) is 5.91. The summed E-state index contributed by atoms with van der Waals surface area (Å²) in [6.07, 6.45) is 2.40. The molecule has 1 unspecified atom stereocenters. The summed E-state index contributed by atoms with van der Waals surface area (Å²) in [5, 5.41) is 3.05. The van der Waals surface area contributed by atoms with Crippen LogP contribution < -0.4 is 10.1 Å². The first-order valence-electron chi connectivity index (χ1n) is 11.4. The molecule has 3 aromatic rings. The third-order valence-electron chi connectivity index (χ3n) is 5.59. The number of carbonyl (C=O) groups is 1. The first-order valence-corrected chi connectivity index (χ1v) is 11.4. The third-order valence-corrected chi connectivity index (χ3v) is 5.59. The number of carbonyl (C=O) groups excluding carboxylic acids is 1. The van der Waals surface area contributed by atoms with Crippen LogP contribution in [-0.4, -0.2) is 22.1 Å². The SMILES string of the molecule is CCC(=O)NC(C)c1nc2ccccc2n1CCCCOc1cc(C)ccc1C(C)C. The normalized spacial score (nSPS) is 12.3. The highest BCUT2D eigenvalue weighted by molar-refractivity contribution is 5.77. The molecule has 3 rings (SSSR count). The molecule has 0 spiro atoms. The quantitative estimate of drug-likeness (QED) is 0.414. The van der Waals surface area contributed by atoms with Crippen molar-refractivity contribution in [2.45, 2.75) is 72.4 Å². The topological polar surface area (TPSA) is 56.2 Å². The van der Waals surface area contributed by atoms with E-state index in [4.69, 9.17) is 9.72 Å². The molecular formula is C26H35N3O2. The van der Waals surface area contributed by atoms with Crippen molar-refractivity contribution in [3.63, 3.8) is 0 Å². The third kappa shape index (κ3) is 5.66. The lowest BCUT2D eigenvalue weighted by Crippen LogP contribution is -2.28. The first kappa shape index (κ1) is 22.9. The van der Waals surface area contributed by atoms with Gasteiger partial charge in [0, 0.05) is 13.0 Å². The van der Waals surface area contributed by atoms with Crippen molar-refractivity contribution in [2.24, 2.45) is 0 Å². The summed E-state index contributed by atoms with van der Waals surface area (Å²) >= 11 is 0. The number of hydrogen-bond acceptors (Lipinski definition) is 3. The summed E-state index contributed by atoms with van der Waals surface area (Å²) in [4.78, 5) is 16.7. The van der Waals surface area contributed by atoms with Crippen LogP contribution in [0.5, 0.6) is 5.75 Å². The molecule has 0 saturated carbocycles. The molecule has 0 aliphatic carbocycles. The molecule has 2 aromatic carbocycles. The van der Waals surface area contributed by atoms with Crippen LogP contribution in [0.2, 0.25) is 0 Å². The van der Waals surface area contributed by atoms with Crippen LogP contribution in [0.3, 0.4) is 0 Å². The second-order valence-corrected chi connectivity index (χ2v) is 8.50. The molecule has 166 valence electrons. The van der Waals surface area contributed by atoms with Gasteiger partial charge in [0.15, 0.2) is 0 Å². The molecule has 5 nitrogen and oxygen atoms in total. The largest absolute Gasteiger partial charge is 0.493 e. The van der Waals surface area contributed by atoms with E-state index in [1.807, 2.05) is 32.0 Å². The van der Waals surface area contributed by atoms with Gasteiger partial charge in [0.1, 0.15) is 11.6 Å². The van der Waals surface area contributed by atoms with Crippen LogP contribution in [0.4, 0.5) is 0 Å². The van der Waals surface area contributed by atoms with Crippen LogP contribution in [0, 0.1) is 6.92 Å². The molecular weight excluding hydrogens is 386 g/mol. The van der Waals surface area contributed by atoms with Crippen LogP contribution in [-0.2, 0) is 11.3 Å². The standard InChI is InChI=1S/C26H35N3O2/c1-6-25(30)27-20(5)26-28-22-11-7-8-12-23(22)29(26)15-9-10-16-31-24-17-19(4)13-14-21(24)18(2)3/h7-8,11-14,17-18,20H,6,9-10,15-16H2,1-5H3,(H,27,30). The number of para-hydroxylation sites is 2. The van der Waals surface area contributed by atoms with Crippen molar-refractivity contribution in [2.75, 3.05) is 6.61 Å². The molecule has 1 amide bonds. The second-order valence-electron chi connectivity index (χ2n) is 8.50. The lowest BCUT2D eigenvalue weighted by Gasteiger charge is -2.17. The fourth-order valence-electron chi connectivity index (χ4n) is 3.87. The van der Waals surface area contributed by atoms with Gasteiger partial charge in [0.25, 0.3) is 0 Å². The average molecular weight is 422 g/mol. The lowest BCUT2D eigenvalue weighted by atomic mass is 10.0. The highest BCUT2D eigenvalue weighted by Gasteiger charge is 2.17. The molecule has 0 bridgehead atoms. The summed E-state index contributed by atoms with van der Waals surface area (Å²) in [5.41, 5.74) is 4.55. The molecule has 0 fully saturated rings. The lowest BCUT2D eigenvalue weighted by molar-refractivity contribution is -0.121. The van der Waals surface area contributed by atoms with Gasteiger partial charge in [0.2, 0.25) is 5.91 Å². The van der Waals surface area contributed by atoms with Crippen molar-refractivity contribution in [3.05, 3.63) is 59.4 Å². The molecule has 1 heterocycles. The number of aromatic nitrogens is 2. The van der Waals surface area contributed by atoms with Crippen molar-refractivity contribution in [1.82, 2.24) is 14.9 Å². The minimum Gasteiger partial charge on any atom is -0.493 e. The maximum Gasteiger partial charge on any atom is 0.220 e. The van der Waals surface area contributed by atoms with Crippen LogP contribution in [0.1, 0.15) is 75.9 Å². The van der Waals surface area contributed by atoms with Crippen LogP contribution in [0.15, 0.2) is 42.5 Å². The van der Waals surface area contributed by atoms with E-state index < -0.39 is 0 Å². The molecule has 1 atom stereocenters. The molecule has 0 radical (unpaired) electrons. The summed E-state index contributed by atoms with van der Waals surface area (Å²) in [5.74, 6) is 2.39. The van der Waals surface area contributed by atoms with Gasteiger partial charge >= 0.3 is 0 Å². The minimum atomic E-state index is -0.128. The van der Waals surface area contributed by atoms with Gasteiger partial charge in [-0.05, 0) is 61.9 Å². The summed E-state index contributed by atoms with van der Waals surface area (Å²) in [6.45, 7) is 11.9. The molecule has 1 aromatic heterocycles. The highest BCUT2D eigenvalue weighted by atomic mass is 16.5. The Kier molecular flexibility index (Phi) is 7.72. The number of nitrogens with zero attached hydrogens (tertiary/aromatic N) is 2. The Hall–Kier alpha value is -2.82. The number of hydrogen-bond donors (Lipinski definition) is 1. The Morgan fingerprint density at radius 2 is 1.90 bits per heavy atom. The van der Waals surface area contributed by atoms with E-state index in [1.54, 1.807) is 0 Å². The molecule has 0 aliphatic heterocycles. The maximum absolute atomic E-state index is 11.9. The Labute approximate surface area is 185 Å². The number of aryl methyl sites for hydroxylation is 2. The van der Waals surface area contributed by atoms with E-state index in [9.17, 15) is 4.79 Å². The molecule has 31 heavy (non-hydrogen) atoms. The second kappa shape index (κ2) is 10.5. The van der Waals surface area contributed by atoms with E-state index in [2.05, 4.69) is 54.9 Å². The van der Waals surface area contributed by atoms with Gasteiger partial charge in [0.05, 0.1) is 23.7 Å². The Morgan fingerprint density at radius 1 is 1.13 bits per heavy atom. The molecule has 0 aliphatic rings. The number of unbranched alkanes of at least 4 members (excludes halogenated alkanes) is 1. The zero-order chi connectivity index (χ0) is 22.4. The number of ether oxygens (including phenoxy) is 1. The summed E-state index contributed by atoms with van der Waals surface area (Å²) in [6, 6.07) is 14.5. The minimum absolute atomic E-state index is 0.0404. The molecule has 0 saturated heterocycles. The molecule has 1 N–H and O–H groups in total. The van der Waals surface area contributed by atoms with E-state index in [1.165, 1.54) is 11.1 Å². The number of amides is 1. The molecule has 5 heteroatoms. The smallest absolute Gasteiger partial charge is 0.220 e. The van der Waals surface area contributed by atoms with Gasteiger partial charge < -0.3 is 14.6 Å². The first-order chi connectivity index (χ1) is 14.9. The van der Waals surface area contributed by atoms with Crippen molar-refractivity contribution in [1.29, 1.82) is 0 Å². The van der Waals surface area contributed by atoms with E-state index in [0.29, 0.717) is 18.9 Å².